The number of thiazole rings is 1. The van der Waals surface area contributed by atoms with Gasteiger partial charge in [0.05, 0.1) is 0 Å². The third-order valence-corrected chi connectivity index (χ3v) is 7.16. The third-order valence-electron chi connectivity index (χ3n) is 6.20. The molecule has 7 nitrogen and oxygen atoms in total. The average molecular weight is 473 g/mol. The van der Waals surface area contributed by atoms with Crippen molar-refractivity contribution in [3.8, 4) is 12.3 Å². The zero-order valence-electron chi connectivity index (χ0n) is 19.3. The van der Waals surface area contributed by atoms with Gasteiger partial charge in [0.15, 0.2) is 16.6 Å². The zero-order valence-corrected chi connectivity index (χ0v) is 20.1. The number of hydrogen-bond donors (Lipinski definition) is 2. The fourth-order valence-corrected chi connectivity index (χ4v) is 5.19. The fraction of sp³-hybridized carbons (Fsp3) is 0.346. The van der Waals surface area contributed by atoms with Gasteiger partial charge >= 0.3 is 0 Å². The lowest BCUT2D eigenvalue weighted by atomic mass is 10.0. The SMILES string of the molecule is C#CC1=CCCC(Nc2ncnc3nc(Nc4ccc(CN(C)C5CCOCC5)cc4)sc23)=C1. The van der Waals surface area contributed by atoms with Crippen molar-refractivity contribution in [2.75, 3.05) is 30.9 Å². The molecule has 174 valence electrons. The molecule has 1 saturated heterocycles. The van der Waals surface area contributed by atoms with Crippen LogP contribution < -0.4 is 10.6 Å². The predicted octanol–water partition coefficient (Wildman–Crippen LogP) is 5.09. The van der Waals surface area contributed by atoms with Gasteiger partial charge in [-0.2, -0.15) is 4.98 Å². The third kappa shape index (κ3) is 5.28. The average Bonchev–Trinajstić information content (AvgIpc) is 3.29. The number of benzene rings is 1. The number of anilines is 3. The molecule has 1 aliphatic heterocycles. The van der Waals surface area contributed by atoms with E-state index in [1.165, 1.54) is 16.9 Å². The van der Waals surface area contributed by atoms with Gasteiger partial charge in [-0.1, -0.05) is 35.5 Å². The van der Waals surface area contributed by atoms with Crippen LogP contribution in [-0.4, -0.2) is 46.2 Å². The molecule has 8 heteroatoms. The lowest BCUT2D eigenvalue weighted by molar-refractivity contribution is 0.0407. The van der Waals surface area contributed by atoms with E-state index in [9.17, 15) is 0 Å². The monoisotopic (exact) mass is 472 g/mol. The Kier molecular flexibility index (Phi) is 6.86. The minimum absolute atomic E-state index is 0.594. The number of ether oxygens (including phenoxy) is 1. The van der Waals surface area contributed by atoms with Gasteiger partial charge in [-0.25, -0.2) is 9.97 Å². The smallest absolute Gasteiger partial charge is 0.189 e. The van der Waals surface area contributed by atoms with E-state index in [2.05, 4.69) is 73.8 Å². The van der Waals surface area contributed by atoms with Gasteiger partial charge < -0.3 is 15.4 Å². The second kappa shape index (κ2) is 10.3. The van der Waals surface area contributed by atoms with E-state index >= 15 is 0 Å². The highest BCUT2D eigenvalue weighted by molar-refractivity contribution is 7.22. The van der Waals surface area contributed by atoms with Crippen LogP contribution in [0.15, 0.2) is 54.0 Å². The van der Waals surface area contributed by atoms with Gasteiger partial charge in [-0.05, 0) is 56.5 Å². The quantitative estimate of drug-likeness (QED) is 0.464. The van der Waals surface area contributed by atoms with Crippen molar-refractivity contribution in [2.24, 2.45) is 0 Å². The minimum atomic E-state index is 0.594. The summed E-state index contributed by atoms with van der Waals surface area (Å²) in [5.74, 6) is 3.46. The first-order valence-electron chi connectivity index (χ1n) is 11.6. The van der Waals surface area contributed by atoms with E-state index in [0.717, 1.165) is 78.0 Å². The Morgan fingerprint density at radius 1 is 1.18 bits per heavy atom. The van der Waals surface area contributed by atoms with Crippen LogP contribution in [0.4, 0.5) is 16.6 Å². The van der Waals surface area contributed by atoms with E-state index in [1.54, 1.807) is 6.33 Å². The number of rotatable bonds is 7. The summed E-state index contributed by atoms with van der Waals surface area (Å²) in [6.45, 7) is 2.66. The Morgan fingerprint density at radius 3 is 2.79 bits per heavy atom. The highest BCUT2D eigenvalue weighted by Gasteiger charge is 2.18. The summed E-state index contributed by atoms with van der Waals surface area (Å²) in [4.78, 5) is 15.9. The molecule has 3 heterocycles. The molecule has 2 aliphatic rings. The van der Waals surface area contributed by atoms with E-state index in [4.69, 9.17) is 11.2 Å². The van der Waals surface area contributed by atoms with Crippen LogP contribution in [0.3, 0.4) is 0 Å². The fourth-order valence-electron chi connectivity index (χ4n) is 4.31. The Bertz CT molecular complexity index is 1250. The van der Waals surface area contributed by atoms with E-state index in [1.807, 2.05) is 6.08 Å². The van der Waals surface area contributed by atoms with Gasteiger partial charge in [0.1, 0.15) is 11.0 Å². The van der Waals surface area contributed by atoms with E-state index in [0.29, 0.717) is 11.7 Å². The summed E-state index contributed by atoms with van der Waals surface area (Å²) in [7, 11) is 2.20. The first kappa shape index (κ1) is 22.5. The number of nitrogens with zero attached hydrogens (tertiary/aromatic N) is 4. The summed E-state index contributed by atoms with van der Waals surface area (Å²) in [6, 6.07) is 9.14. The first-order valence-corrected chi connectivity index (χ1v) is 12.4. The normalized spacial score (nSPS) is 16.7. The lowest BCUT2D eigenvalue weighted by Crippen LogP contribution is -2.36. The van der Waals surface area contributed by atoms with Crippen molar-refractivity contribution in [3.63, 3.8) is 0 Å². The molecule has 5 rings (SSSR count). The summed E-state index contributed by atoms with van der Waals surface area (Å²) < 4.78 is 6.40. The van der Waals surface area contributed by atoms with Crippen molar-refractivity contribution in [3.05, 3.63) is 59.6 Å². The lowest BCUT2D eigenvalue weighted by Gasteiger charge is -2.31. The topological polar surface area (TPSA) is 75.2 Å². The maximum Gasteiger partial charge on any atom is 0.189 e. The Labute approximate surface area is 204 Å². The minimum Gasteiger partial charge on any atom is -0.381 e. The maximum atomic E-state index is 5.55. The maximum absolute atomic E-state index is 5.55. The summed E-state index contributed by atoms with van der Waals surface area (Å²) in [5, 5.41) is 7.62. The summed E-state index contributed by atoms with van der Waals surface area (Å²) in [5.41, 5.74) is 4.91. The predicted molar refractivity (Wildman–Crippen MR) is 138 cm³/mol. The number of hydrogen-bond acceptors (Lipinski definition) is 8. The first-order chi connectivity index (χ1) is 16.7. The number of aromatic nitrogens is 3. The second-order valence-electron chi connectivity index (χ2n) is 8.61. The van der Waals surface area contributed by atoms with Crippen LogP contribution in [0.25, 0.3) is 10.3 Å². The molecule has 0 saturated carbocycles. The van der Waals surface area contributed by atoms with Crippen LogP contribution in [0.5, 0.6) is 0 Å². The molecule has 2 N–H and O–H groups in total. The highest BCUT2D eigenvalue weighted by Crippen LogP contribution is 2.32. The Morgan fingerprint density at radius 2 is 2.00 bits per heavy atom. The zero-order chi connectivity index (χ0) is 23.3. The Balaban J connectivity index is 1.26. The largest absolute Gasteiger partial charge is 0.381 e. The van der Waals surface area contributed by atoms with E-state index < -0.39 is 0 Å². The molecule has 0 spiro atoms. The van der Waals surface area contributed by atoms with Gasteiger partial charge in [0, 0.05) is 42.8 Å². The summed E-state index contributed by atoms with van der Waals surface area (Å²) in [6.07, 6.45) is 15.2. The Hall–Kier alpha value is -3.25. The van der Waals surface area contributed by atoms with Crippen LogP contribution in [-0.2, 0) is 11.3 Å². The van der Waals surface area contributed by atoms with Crippen LogP contribution in [0, 0.1) is 12.3 Å². The van der Waals surface area contributed by atoms with Crippen LogP contribution >= 0.6 is 11.3 Å². The molecule has 0 bridgehead atoms. The van der Waals surface area contributed by atoms with Gasteiger partial charge in [0.2, 0.25) is 0 Å². The molecule has 1 aromatic carbocycles. The molecule has 0 radical (unpaired) electrons. The molecule has 1 fully saturated rings. The van der Waals surface area contributed by atoms with Crippen molar-refractivity contribution in [1.29, 1.82) is 0 Å². The molecule has 2 aromatic heterocycles. The van der Waals surface area contributed by atoms with Crippen LogP contribution in [0.2, 0.25) is 0 Å². The molecule has 0 atom stereocenters. The van der Waals surface area contributed by atoms with Gasteiger partial charge in [-0.3, -0.25) is 4.90 Å². The van der Waals surface area contributed by atoms with Crippen LogP contribution in [0.1, 0.15) is 31.2 Å². The number of allylic oxidation sites excluding steroid dienone is 4. The molecule has 0 unspecified atom stereocenters. The molecule has 34 heavy (non-hydrogen) atoms. The molecular weight excluding hydrogens is 444 g/mol. The molecular formula is C26H28N6OS. The second-order valence-corrected chi connectivity index (χ2v) is 9.61. The molecule has 0 amide bonds. The number of fused-ring (bicyclic) bond motifs is 1. The van der Waals surface area contributed by atoms with Crippen molar-refractivity contribution in [1.82, 2.24) is 19.9 Å². The number of nitrogens with one attached hydrogen (secondary N) is 2. The molecule has 1 aliphatic carbocycles. The summed E-state index contributed by atoms with van der Waals surface area (Å²) >= 11 is 1.54. The standard InChI is InChI=1S/C26H28N6OS/c1-3-18-5-4-6-21(15-18)29-24-23-25(28-17-27-24)31-26(34-23)30-20-9-7-19(8-10-20)16-32(2)22-11-13-33-14-12-22/h1,5,7-10,15,17,22H,4,6,11-14,16H2,2H3,(H2,27,28,29,30,31). The molecule has 3 aromatic rings. The highest BCUT2D eigenvalue weighted by atomic mass is 32.1. The van der Waals surface area contributed by atoms with Crippen molar-refractivity contribution >= 4 is 38.3 Å². The van der Waals surface area contributed by atoms with Crippen molar-refractivity contribution < 1.29 is 4.74 Å². The van der Waals surface area contributed by atoms with Gasteiger partial charge in [-0.15, -0.1) is 6.42 Å². The van der Waals surface area contributed by atoms with Gasteiger partial charge in [0.25, 0.3) is 0 Å². The van der Waals surface area contributed by atoms with E-state index in [-0.39, 0.29) is 0 Å². The van der Waals surface area contributed by atoms with Crippen molar-refractivity contribution in [2.45, 2.75) is 38.3 Å². The number of terminal acetylenes is 1.